The van der Waals surface area contributed by atoms with Crippen molar-refractivity contribution in [3.63, 3.8) is 0 Å². The quantitative estimate of drug-likeness (QED) is 0.474. The third kappa shape index (κ3) is 6.04. The number of nitrogens with zero attached hydrogens (tertiary/aromatic N) is 2. The van der Waals surface area contributed by atoms with Crippen LogP contribution in [0.2, 0.25) is 0 Å². The van der Waals surface area contributed by atoms with E-state index in [4.69, 9.17) is 14.2 Å². The van der Waals surface area contributed by atoms with Gasteiger partial charge in [-0.25, -0.2) is 0 Å². The highest BCUT2D eigenvalue weighted by atomic mass is 16.5. The Morgan fingerprint density at radius 2 is 1.61 bits per heavy atom. The van der Waals surface area contributed by atoms with E-state index >= 15 is 0 Å². The number of guanidine groups is 1. The average Bonchev–Trinajstić information content (AvgIpc) is 2.82. The van der Waals surface area contributed by atoms with Crippen LogP contribution >= 0.6 is 0 Å². The van der Waals surface area contributed by atoms with Crippen molar-refractivity contribution < 1.29 is 14.2 Å². The summed E-state index contributed by atoms with van der Waals surface area (Å²) in [4.78, 5) is 6.78. The van der Waals surface area contributed by atoms with Crippen molar-refractivity contribution in [3.8, 4) is 17.2 Å². The molecule has 31 heavy (non-hydrogen) atoms. The molecule has 0 atom stereocenters. The minimum Gasteiger partial charge on any atom is -0.496 e. The van der Waals surface area contributed by atoms with Crippen LogP contribution in [0.25, 0.3) is 0 Å². The monoisotopic (exact) mass is 426 g/mol. The summed E-state index contributed by atoms with van der Waals surface area (Å²) in [6.45, 7) is 4.51. The van der Waals surface area contributed by atoms with Gasteiger partial charge in [0.1, 0.15) is 5.75 Å². The highest BCUT2D eigenvalue weighted by Crippen LogP contribution is 2.33. The lowest BCUT2D eigenvalue weighted by Crippen LogP contribution is -2.43. The van der Waals surface area contributed by atoms with Crippen LogP contribution < -0.4 is 24.8 Å². The van der Waals surface area contributed by atoms with Gasteiger partial charge in [-0.1, -0.05) is 18.2 Å². The van der Waals surface area contributed by atoms with Gasteiger partial charge in [-0.2, -0.15) is 0 Å². The second kappa shape index (κ2) is 11.5. The highest BCUT2D eigenvalue weighted by molar-refractivity contribution is 5.79. The van der Waals surface area contributed by atoms with E-state index in [1.165, 1.54) is 16.7 Å². The molecular formula is C24H34N4O3. The van der Waals surface area contributed by atoms with Crippen LogP contribution in [0.3, 0.4) is 0 Å². The summed E-state index contributed by atoms with van der Waals surface area (Å²) < 4.78 is 16.3. The lowest BCUT2D eigenvalue weighted by Gasteiger charge is -2.29. The van der Waals surface area contributed by atoms with Gasteiger partial charge in [0, 0.05) is 39.8 Å². The van der Waals surface area contributed by atoms with E-state index in [-0.39, 0.29) is 0 Å². The molecule has 2 aromatic rings. The third-order valence-corrected chi connectivity index (χ3v) is 5.62. The van der Waals surface area contributed by atoms with Crippen LogP contribution in [-0.4, -0.2) is 65.4 Å². The first-order valence-corrected chi connectivity index (χ1v) is 10.7. The maximum absolute atomic E-state index is 5.46. The Hall–Kier alpha value is -2.93. The molecule has 0 bridgehead atoms. The first-order valence-electron chi connectivity index (χ1n) is 10.7. The number of hydrogen-bond acceptors (Lipinski definition) is 5. The molecule has 2 aromatic carbocycles. The number of para-hydroxylation sites is 1. The van der Waals surface area contributed by atoms with E-state index < -0.39 is 0 Å². The van der Waals surface area contributed by atoms with Gasteiger partial charge in [-0.05, 0) is 47.7 Å². The third-order valence-electron chi connectivity index (χ3n) is 5.62. The zero-order valence-corrected chi connectivity index (χ0v) is 19.0. The fourth-order valence-electron chi connectivity index (χ4n) is 3.91. The number of rotatable bonds is 9. The van der Waals surface area contributed by atoms with Gasteiger partial charge in [0.25, 0.3) is 0 Å². The number of benzene rings is 2. The van der Waals surface area contributed by atoms with E-state index in [1.54, 1.807) is 28.4 Å². The molecule has 1 aliphatic rings. The lowest BCUT2D eigenvalue weighted by molar-refractivity contribution is 0.256. The van der Waals surface area contributed by atoms with Gasteiger partial charge in [0.15, 0.2) is 17.5 Å². The maximum atomic E-state index is 5.46. The molecule has 0 radical (unpaired) electrons. The molecule has 7 nitrogen and oxygen atoms in total. The fraction of sp³-hybridized carbons (Fsp3) is 0.458. The van der Waals surface area contributed by atoms with Crippen molar-refractivity contribution in [1.82, 2.24) is 15.5 Å². The number of methoxy groups -OCH3 is 3. The molecule has 0 spiro atoms. The minimum atomic E-state index is 0.790. The summed E-state index contributed by atoms with van der Waals surface area (Å²) in [5, 5.41) is 6.80. The van der Waals surface area contributed by atoms with E-state index in [0.29, 0.717) is 0 Å². The molecule has 1 aliphatic heterocycles. The van der Waals surface area contributed by atoms with E-state index in [1.807, 2.05) is 18.2 Å². The molecule has 0 aromatic heterocycles. The van der Waals surface area contributed by atoms with Crippen molar-refractivity contribution in [2.45, 2.75) is 19.4 Å². The summed E-state index contributed by atoms with van der Waals surface area (Å²) in [5.41, 5.74) is 3.84. The first-order chi connectivity index (χ1) is 15.2. The van der Waals surface area contributed by atoms with Crippen molar-refractivity contribution >= 4 is 5.96 Å². The lowest BCUT2D eigenvalue weighted by atomic mass is 9.99. The summed E-state index contributed by atoms with van der Waals surface area (Å²) in [6, 6.07) is 12.3. The van der Waals surface area contributed by atoms with E-state index in [2.05, 4.69) is 38.7 Å². The summed E-state index contributed by atoms with van der Waals surface area (Å²) in [5.74, 6) is 3.34. The number of ether oxygens (including phenoxy) is 3. The molecule has 7 heteroatoms. The number of fused-ring (bicyclic) bond motifs is 1. The number of hydrogen-bond donors (Lipinski definition) is 2. The molecule has 0 fully saturated rings. The molecular weight excluding hydrogens is 392 g/mol. The van der Waals surface area contributed by atoms with Crippen molar-refractivity contribution in [3.05, 3.63) is 53.1 Å². The average molecular weight is 427 g/mol. The van der Waals surface area contributed by atoms with Gasteiger partial charge in [-0.15, -0.1) is 0 Å². The van der Waals surface area contributed by atoms with Gasteiger partial charge < -0.3 is 24.8 Å². The predicted molar refractivity (Wildman–Crippen MR) is 125 cm³/mol. The fourth-order valence-corrected chi connectivity index (χ4v) is 3.91. The molecule has 168 valence electrons. The maximum Gasteiger partial charge on any atom is 0.191 e. The van der Waals surface area contributed by atoms with Gasteiger partial charge in [0.05, 0.1) is 21.3 Å². The Balaban J connectivity index is 1.44. The number of nitrogens with one attached hydrogen (secondary N) is 2. The molecule has 0 saturated heterocycles. The first kappa shape index (κ1) is 22.7. The van der Waals surface area contributed by atoms with Crippen molar-refractivity contribution in [2.24, 2.45) is 4.99 Å². The van der Waals surface area contributed by atoms with Gasteiger partial charge >= 0.3 is 0 Å². The van der Waals surface area contributed by atoms with E-state index in [0.717, 1.165) is 68.8 Å². The van der Waals surface area contributed by atoms with Crippen molar-refractivity contribution in [1.29, 1.82) is 0 Å². The molecule has 1 heterocycles. The summed E-state index contributed by atoms with van der Waals surface area (Å²) >= 11 is 0. The molecule has 0 saturated carbocycles. The van der Waals surface area contributed by atoms with Crippen LogP contribution in [0.4, 0.5) is 0 Å². The Bertz CT molecular complexity index is 885. The SMILES string of the molecule is CN=C(NCCc1ccccc1OC)NCCN1CCc2cc(OC)c(OC)cc2C1. The Labute approximate surface area is 185 Å². The minimum absolute atomic E-state index is 0.790. The largest absolute Gasteiger partial charge is 0.496 e. The molecule has 0 aliphatic carbocycles. The Kier molecular flexibility index (Phi) is 8.41. The zero-order chi connectivity index (χ0) is 22.1. The summed E-state index contributed by atoms with van der Waals surface area (Å²) in [7, 11) is 6.87. The zero-order valence-electron chi connectivity index (χ0n) is 19.0. The van der Waals surface area contributed by atoms with Crippen LogP contribution in [0.1, 0.15) is 16.7 Å². The Morgan fingerprint density at radius 3 is 2.32 bits per heavy atom. The van der Waals surface area contributed by atoms with E-state index in [9.17, 15) is 0 Å². The molecule has 0 unspecified atom stereocenters. The van der Waals surface area contributed by atoms with Crippen LogP contribution in [0, 0.1) is 0 Å². The van der Waals surface area contributed by atoms with Gasteiger partial charge in [0.2, 0.25) is 0 Å². The normalized spacial score (nSPS) is 14.0. The molecule has 0 amide bonds. The second-order valence-corrected chi connectivity index (χ2v) is 7.49. The van der Waals surface area contributed by atoms with Crippen molar-refractivity contribution in [2.75, 3.05) is 54.6 Å². The molecule has 3 rings (SSSR count). The second-order valence-electron chi connectivity index (χ2n) is 7.49. The topological polar surface area (TPSA) is 67.4 Å². The molecule has 2 N–H and O–H groups in total. The van der Waals surface area contributed by atoms with Gasteiger partial charge in [-0.3, -0.25) is 9.89 Å². The standard InChI is InChI=1S/C24H34N4O3/c1-25-24(26-11-9-18-7-5-6-8-21(18)29-2)27-12-14-28-13-10-19-15-22(30-3)23(31-4)16-20(19)17-28/h5-8,15-16H,9-14,17H2,1-4H3,(H2,25,26,27). The van der Waals surface area contributed by atoms with Crippen LogP contribution in [-0.2, 0) is 19.4 Å². The van der Waals surface area contributed by atoms with Crippen LogP contribution in [0.15, 0.2) is 41.4 Å². The number of aliphatic imine (C=N–C) groups is 1. The summed E-state index contributed by atoms with van der Waals surface area (Å²) in [6.07, 6.45) is 1.89. The Morgan fingerprint density at radius 1 is 0.935 bits per heavy atom. The van der Waals surface area contributed by atoms with Crippen LogP contribution in [0.5, 0.6) is 17.2 Å². The smallest absolute Gasteiger partial charge is 0.191 e. The highest BCUT2D eigenvalue weighted by Gasteiger charge is 2.19. The predicted octanol–water partition coefficient (Wildman–Crippen LogP) is 2.48.